The van der Waals surface area contributed by atoms with Crippen LogP contribution >= 0.6 is 0 Å². The molecule has 1 aliphatic heterocycles. The lowest BCUT2D eigenvalue weighted by atomic mass is 9.83. The van der Waals surface area contributed by atoms with E-state index in [9.17, 15) is 31.2 Å². The Hall–Kier alpha value is -2.95. The Kier molecular flexibility index (Phi) is 5.51. The molecule has 0 spiro atoms. The minimum Gasteiger partial charge on any atom is -0.368 e. The summed E-state index contributed by atoms with van der Waals surface area (Å²) in [4.78, 5) is 27.7. The summed E-state index contributed by atoms with van der Waals surface area (Å²) in [7, 11) is -3.62. The van der Waals surface area contributed by atoms with Gasteiger partial charge in [-0.2, -0.15) is 13.2 Å². The first kappa shape index (κ1) is 24.7. The number of likely N-dealkylation sites (tertiary alicyclic amines) is 1. The molecular formula is C25H24F4N2O4S. The zero-order valence-electron chi connectivity index (χ0n) is 19.3. The highest BCUT2D eigenvalue weighted by Gasteiger charge is 2.72. The maximum Gasteiger partial charge on any atom is 0.416 e. The van der Waals surface area contributed by atoms with Crippen LogP contribution in [0.3, 0.4) is 0 Å². The van der Waals surface area contributed by atoms with Crippen molar-refractivity contribution in [3.05, 3.63) is 65.0 Å². The highest BCUT2D eigenvalue weighted by Crippen LogP contribution is 2.63. The molecule has 3 fully saturated rings. The number of nitrogens with zero attached hydrogens (tertiary/aromatic N) is 1. The SMILES string of the molecule is CS(=O)(=O)c1cccc(C(=O)N2C([C@@H](c3ccc(C(F)(F)F)cc3F)C3CC3)CC3CC32C(N)=O)c1. The van der Waals surface area contributed by atoms with E-state index in [1.165, 1.54) is 29.2 Å². The van der Waals surface area contributed by atoms with Crippen molar-refractivity contribution in [3.63, 3.8) is 0 Å². The molecule has 11 heteroatoms. The van der Waals surface area contributed by atoms with Gasteiger partial charge in [0.2, 0.25) is 5.91 Å². The molecule has 2 aromatic carbocycles. The van der Waals surface area contributed by atoms with Crippen LogP contribution in [0.4, 0.5) is 17.6 Å². The highest BCUT2D eigenvalue weighted by molar-refractivity contribution is 7.90. The van der Waals surface area contributed by atoms with Gasteiger partial charge in [-0.05, 0) is 73.4 Å². The van der Waals surface area contributed by atoms with Crippen molar-refractivity contribution in [3.8, 4) is 0 Å². The van der Waals surface area contributed by atoms with Crippen LogP contribution in [0.2, 0.25) is 0 Å². The molecule has 0 bridgehead atoms. The molecule has 3 aliphatic rings. The number of sulfone groups is 1. The molecule has 5 rings (SSSR count). The van der Waals surface area contributed by atoms with Gasteiger partial charge in [0.25, 0.3) is 5.91 Å². The third-order valence-electron chi connectivity index (χ3n) is 7.75. The van der Waals surface area contributed by atoms with Crippen molar-refractivity contribution in [1.82, 2.24) is 4.90 Å². The van der Waals surface area contributed by atoms with Crippen molar-refractivity contribution < 1.29 is 35.6 Å². The molecule has 36 heavy (non-hydrogen) atoms. The van der Waals surface area contributed by atoms with Crippen LogP contribution in [-0.4, -0.2) is 43.0 Å². The first-order chi connectivity index (χ1) is 16.7. The van der Waals surface area contributed by atoms with Crippen LogP contribution in [-0.2, 0) is 20.8 Å². The van der Waals surface area contributed by atoms with E-state index in [0.717, 1.165) is 18.4 Å². The minimum absolute atomic E-state index is 0.0403. The van der Waals surface area contributed by atoms with Crippen LogP contribution in [0, 0.1) is 17.7 Å². The molecule has 2 aromatic rings. The molecule has 2 saturated carbocycles. The monoisotopic (exact) mass is 524 g/mol. The standard InChI is InChI=1S/C25H24F4N2O4S/c1-36(34,35)17-4-2-3-14(9-17)22(32)31-20(11-16-12-24(16,31)23(30)33)21(13-5-6-13)18-8-7-15(10-19(18)26)25(27,28)29/h2-4,7-10,13,16,20-21H,5-6,11-12H2,1H3,(H2,30,33)/t16?,20?,21-,24?/m1/s1. The second-order valence-electron chi connectivity index (χ2n) is 10.1. The van der Waals surface area contributed by atoms with Gasteiger partial charge in [0.05, 0.1) is 10.5 Å². The van der Waals surface area contributed by atoms with Gasteiger partial charge in [-0.15, -0.1) is 0 Å². The second-order valence-corrected chi connectivity index (χ2v) is 12.1. The largest absolute Gasteiger partial charge is 0.416 e. The van der Waals surface area contributed by atoms with Crippen LogP contribution in [0.1, 0.15) is 53.1 Å². The number of fused-ring (bicyclic) bond motifs is 1. The smallest absolute Gasteiger partial charge is 0.368 e. The number of halogens is 4. The van der Waals surface area contributed by atoms with E-state index >= 15 is 4.39 Å². The number of carbonyl (C=O) groups excluding carboxylic acids is 2. The lowest BCUT2D eigenvalue weighted by Crippen LogP contribution is -2.53. The van der Waals surface area contributed by atoms with E-state index in [1.54, 1.807) is 0 Å². The molecular weight excluding hydrogens is 500 g/mol. The van der Waals surface area contributed by atoms with Gasteiger partial charge in [0, 0.05) is 23.8 Å². The minimum atomic E-state index is -4.70. The van der Waals surface area contributed by atoms with Gasteiger partial charge < -0.3 is 10.6 Å². The normalized spacial score (nSPS) is 26.4. The fourth-order valence-electron chi connectivity index (χ4n) is 5.85. The molecule has 3 unspecified atom stereocenters. The summed E-state index contributed by atoms with van der Waals surface area (Å²) in [6, 6.07) is 7.17. The summed E-state index contributed by atoms with van der Waals surface area (Å²) in [6.07, 6.45) is -1.59. The van der Waals surface area contributed by atoms with E-state index in [0.29, 0.717) is 31.7 Å². The van der Waals surface area contributed by atoms with E-state index in [-0.39, 0.29) is 27.9 Å². The lowest BCUT2D eigenvalue weighted by molar-refractivity contribution is -0.137. The number of alkyl halides is 3. The number of hydrogen-bond donors (Lipinski definition) is 1. The highest BCUT2D eigenvalue weighted by atomic mass is 32.2. The first-order valence-electron chi connectivity index (χ1n) is 11.6. The Balaban J connectivity index is 1.58. The van der Waals surface area contributed by atoms with Gasteiger partial charge in [-0.25, -0.2) is 12.8 Å². The quantitative estimate of drug-likeness (QED) is 0.580. The molecule has 0 aromatic heterocycles. The van der Waals surface area contributed by atoms with Gasteiger partial charge in [0.15, 0.2) is 9.84 Å². The van der Waals surface area contributed by atoms with E-state index < -0.39 is 56.7 Å². The maximum absolute atomic E-state index is 15.1. The van der Waals surface area contributed by atoms with Crippen molar-refractivity contribution >= 4 is 21.7 Å². The van der Waals surface area contributed by atoms with Crippen LogP contribution < -0.4 is 5.73 Å². The predicted molar refractivity (Wildman–Crippen MR) is 121 cm³/mol. The molecule has 2 N–H and O–H groups in total. The van der Waals surface area contributed by atoms with Gasteiger partial charge >= 0.3 is 6.18 Å². The summed E-state index contributed by atoms with van der Waals surface area (Å²) in [6.45, 7) is 0. The number of carbonyl (C=O) groups is 2. The molecule has 1 heterocycles. The molecule has 0 radical (unpaired) electrons. The van der Waals surface area contributed by atoms with E-state index in [2.05, 4.69) is 0 Å². The molecule has 4 atom stereocenters. The van der Waals surface area contributed by atoms with Gasteiger partial charge in [-0.1, -0.05) is 12.1 Å². The van der Waals surface area contributed by atoms with Crippen LogP contribution in [0.5, 0.6) is 0 Å². The molecule has 1 saturated heterocycles. The summed E-state index contributed by atoms with van der Waals surface area (Å²) in [5.74, 6) is -3.27. The fraction of sp³-hybridized carbons (Fsp3) is 0.440. The molecule has 192 valence electrons. The molecule has 6 nitrogen and oxygen atoms in total. The number of primary amides is 1. The zero-order valence-corrected chi connectivity index (χ0v) is 20.1. The van der Waals surface area contributed by atoms with E-state index in [4.69, 9.17) is 5.73 Å². The topological polar surface area (TPSA) is 97.5 Å². The number of hydrogen-bond acceptors (Lipinski definition) is 4. The maximum atomic E-state index is 15.1. The van der Waals surface area contributed by atoms with Gasteiger partial charge in [0.1, 0.15) is 11.4 Å². The number of nitrogens with two attached hydrogens (primary N) is 1. The first-order valence-corrected chi connectivity index (χ1v) is 13.4. The van der Waals surface area contributed by atoms with Crippen LogP contribution in [0.15, 0.2) is 47.4 Å². The van der Waals surface area contributed by atoms with Crippen molar-refractivity contribution in [2.75, 3.05) is 6.26 Å². The van der Waals surface area contributed by atoms with Crippen LogP contribution in [0.25, 0.3) is 0 Å². The Labute approximate surface area is 205 Å². The molecule has 2 aliphatic carbocycles. The summed E-state index contributed by atoms with van der Waals surface area (Å²) < 4.78 is 78.6. The number of piperidine rings is 1. The van der Waals surface area contributed by atoms with Crippen molar-refractivity contribution in [2.45, 2.75) is 54.3 Å². The Morgan fingerprint density at radius 2 is 1.83 bits per heavy atom. The average Bonchev–Trinajstić information content (AvgIpc) is 3.71. The lowest BCUT2D eigenvalue weighted by Gasteiger charge is -2.38. The van der Waals surface area contributed by atoms with Crippen molar-refractivity contribution in [2.24, 2.45) is 17.6 Å². The predicted octanol–water partition coefficient (Wildman–Crippen LogP) is 3.90. The third-order valence-corrected chi connectivity index (χ3v) is 8.86. The second kappa shape index (κ2) is 8.03. The average molecular weight is 525 g/mol. The van der Waals surface area contributed by atoms with Crippen molar-refractivity contribution in [1.29, 1.82) is 0 Å². The third kappa shape index (κ3) is 3.97. The fourth-order valence-corrected chi connectivity index (χ4v) is 6.51. The number of amides is 2. The van der Waals surface area contributed by atoms with Gasteiger partial charge in [-0.3, -0.25) is 9.59 Å². The Morgan fingerprint density at radius 3 is 2.39 bits per heavy atom. The summed E-state index contributed by atoms with van der Waals surface area (Å²) in [5.41, 5.74) is 3.47. The number of rotatable bonds is 6. The zero-order chi connectivity index (χ0) is 26.2. The Bertz CT molecular complexity index is 1370. The molecule has 2 amide bonds. The summed E-state index contributed by atoms with van der Waals surface area (Å²) >= 11 is 0. The van der Waals surface area contributed by atoms with E-state index in [1.807, 2.05) is 0 Å². The number of benzene rings is 2. The summed E-state index contributed by atoms with van der Waals surface area (Å²) in [5, 5.41) is 0. The Morgan fingerprint density at radius 1 is 1.14 bits per heavy atom.